The summed E-state index contributed by atoms with van der Waals surface area (Å²) in [7, 11) is -1.31. The van der Waals surface area contributed by atoms with Crippen molar-refractivity contribution >= 4 is 39.9 Å². The van der Waals surface area contributed by atoms with Crippen LogP contribution in [0.2, 0.25) is 10.0 Å². The zero-order valence-corrected chi connectivity index (χ0v) is 15.9. The third-order valence-corrected chi connectivity index (χ3v) is 5.36. The van der Waals surface area contributed by atoms with E-state index in [0.717, 1.165) is 5.56 Å². The lowest BCUT2D eigenvalue weighted by molar-refractivity contribution is 0.0921. The molecule has 3 rings (SSSR count). The van der Waals surface area contributed by atoms with Crippen LogP contribution >= 0.6 is 23.2 Å². The molecule has 1 aromatic heterocycles. The summed E-state index contributed by atoms with van der Waals surface area (Å²) < 4.78 is 17.9. The van der Waals surface area contributed by atoms with Crippen LogP contribution in [0.5, 0.6) is 0 Å². The molecule has 26 heavy (non-hydrogen) atoms. The van der Waals surface area contributed by atoms with Crippen LogP contribution in [0.3, 0.4) is 0 Å². The lowest BCUT2D eigenvalue weighted by Gasteiger charge is -2.04. The average Bonchev–Trinajstić information content (AvgIpc) is 3.08. The summed E-state index contributed by atoms with van der Waals surface area (Å²) in [5.74, 6) is 0.466. The molecule has 0 fully saturated rings. The number of halogens is 2. The van der Waals surface area contributed by atoms with Crippen LogP contribution in [0.4, 0.5) is 0 Å². The quantitative estimate of drug-likeness (QED) is 0.636. The number of rotatable bonds is 6. The van der Waals surface area contributed by atoms with E-state index in [1.54, 1.807) is 48.5 Å². The van der Waals surface area contributed by atoms with Gasteiger partial charge in [0.2, 0.25) is 0 Å². The number of nitrogens with one attached hydrogen (secondary N) is 1. The fourth-order valence-electron chi connectivity index (χ4n) is 2.32. The number of furan rings is 1. The van der Waals surface area contributed by atoms with Crippen molar-refractivity contribution in [1.82, 2.24) is 5.32 Å². The number of hydrogen-bond acceptors (Lipinski definition) is 3. The number of carbonyl (C=O) groups is 1. The fourth-order valence-corrected chi connectivity index (χ4v) is 3.85. The summed E-state index contributed by atoms with van der Waals surface area (Å²) in [6, 6.07) is 17.3. The third-order valence-electron chi connectivity index (χ3n) is 3.56. The van der Waals surface area contributed by atoms with E-state index in [2.05, 4.69) is 5.32 Å². The van der Waals surface area contributed by atoms with E-state index in [4.69, 9.17) is 27.6 Å². The summed E-state index contributed by atoms with van der Waals surface area (Å²) in [5.41, 5.74) is 0.889. The Morgan fingerprint density at radius 2 is 1.73 bits per heavy atom. The molecule has 0 saturated carbocycles. The minimum atomic E-state index is -1.31. The molecule has 0 aliphatic carbocycles. The van der Waals surface area contributed by atoms with Crippen LogP contribution in [0.15, 0.2) is 70.0 Å². The molecule has 1 heterocycles. The topological polar surface area (TPSA) is 59.3 Å². The molecular formula is C19H15Cl2NO3S. The minimum absolute atomic E-state index is 0.169. The van der Waals surface area contributed by atoms with E-state index in [1.807, 2.05) is 12.1 Å². The van der Waals surface area contributed by atoms with Gasteiger partial charge < -0.3 is 9.73 Å². The molecule has 0 unspecified atom stereocenters. The molecule has 4 nitrogen and oxygen atoms in total. The van der Waals surface area contributed by atoms with E-state index in [9.17, 15) is 9.00 Å². The van der Waals surface area contributed by atoms with Crippen molar-refractivity contribution in [2.45, 2.75) is 17.2 Å². The minimum Gasteiger partial charge on any atom is -0.455 e. The molecular weight excluding hydrogens is 393 g/mol. The third kappa shape index (κ3) is 4.97. The molecule has 2 aromatic carbocycles. The molecule has 134 valence electrons. The van der Waals surface area contributed by atoms with Crippen LogP contribution in [0.1, 0.15) is 21.9 Å². The van der Waals surface area contributed by atoms with Gasteiger partial charge in [0.25, 0.3) is 5.91 Å². The van der Waals surface area contributed by atoms with Gasteiger partial charge in [-0.25, -0.2) is 0 Å². The van der Waals surface area contributed by atoms with Gasteiger partial charge >= 0.3 is 0 Å². The van der Waals surface area contributed by atoms with E-state index >= 15 is 0 Å². The van der Waals surface area contributed by atoms with Gasteiger partial charge in [-0.2, -0.15) is 0 Å². The predicted octanol–water partition coefficient (Wildman–Crippen LogP) is 4.82. The maximum Gasteiger partial charge on any atom is 0.287 e. The second kappa shape index (κ2) is 8.54. The first-order valence-electron chi connectivity index (χ1n) is 7.76. The molecule has 0 bridgehead atoms. The molecule has 0 aliphatic heterocycles. The molecule has 1 amide bonds. The van der Waals surface area contributed by atoms with Crippen LogP contribution < -0.4 is 5.32 Å². The van der Waals surface area contributed by atoms with E-state index in [0.29, 0.717) is 27.2 Å². The lowest BCUT2D eigenvalue weighted by Crippen LogP contribution is -2.22. The number of amides is 1. The van der Waals surface area contributed by atoms with Gasteiger partial charge in [0.1, 0.15) is 5.76 Å². The van der Waals surface area contributed by atoms with Crippen LogP contribution in [-0.2, 0) is 23.1 Å². The van der Waals surface area contributed by atoms with Gasteiger partial charge in [0, 0.05) is 21.5 Å². The zero-order valence-electron chi connectivity index (χ0n) is 13.6. The maximum atomic E-state index is 12.4. The smallest absolute Gasteiger partial charge is 0.287 e. The Bertz CT molecular complexity index is 955. The molecule has 1 N–H and O–H groups in total. The molecule has 1 atom stereocenters. The molecule has 7 heteroatoms. The molecule has 0 spiro atoms. The molecule has 0 radical (unpaired) electrons. The second-order valence-electron chi connectivity index (χ2n) is 5.53. The predicted molar refractivity (Wildman–Crippen MR) is 103 cm³/mol. The zero-order chi connectivity index (χ0) is 18.5. The average molecular weight is 408 g/mol. The molecule has 3 aromatic rings. The first kappa shape index (κ1) is 18.7. The van der Waals surface area contributed by atoms with Gasteiger partial charge in [-0.3, -0.25) is 9.00 Å². The lowest BCUT2D eigenvalue weighted by atomic mass is 10.2. The number of carbonyl (C=O) groups excluding carboxylic acids is 1. The van der Waals surface area contributed by atoms with Crippen molar-refractivity contribution in [2.75, 3.05) is 0 Å². The first-order valence-corrected chi connectivity index (χ1v) is 9.84. The van der Waals surface area contributed by atoms with Crippen molar-refractivity contribution in [1.29, 1.82) is 0 Å². The number of hydrogen-bond donors (Lipinski definition) is 1. The summed E-state index contributed by atoms with van der Waals surface area (Å²) in [5, 5.41) is 3.90. The van der Waals surface area contributed by atoms with Gasteiger partial charge in [-0.15, -0.1) is 0 Å². The molecule has 0 saturated heterocycles. The monoisotopic (exact) mass is 407 g/mol. The highest BCUT2D eigenvalue weighted by Crippen LogP contribution is 2.18. The van der Waals surface area contributed by atoms with Crippen molar-refractivity contribution < 1.29 is 13.4 Å². The highest BCUT2D eigenvalue weighted by molar-refractivity contribution is 7.84. The normalized spacial score (nSPS) is 11.9. The van der Waals surface area contributed by atoms with Crippen LogP contribution in [0, 0.1) is 0 Å². The van der Waals surface area contributed by atoms with Crippen molar-refractivity contribution in [2.24, 2.45) is 0 Å². The largest absolute Gasteiger partial charge is 0.455 e. The SMILES string of the molecule is O=C(NCc1cccc(Cl)c1)c1ccc(C[S@](=O)c2cccc(Cl)c2)o1. The second-order valence-corrected chi connectivity index (χ2v) is 7.85. The Labute approximate surface area is 163 Å². The molecule has 0 aliphatic rings. The Kier molecular flexibility index (Phi) is 6.14. The first-order chi connectivity index (χ1) is 12.5. The Morgan fingerprint density at radius 1 is 1.00 bits per heavy atom. The van der Waals surface area contributed by atoms with Gasteiger partial charge in [0.15, 0.2) is 5.76 Å². The van der Waals surface area contributed by atoms with Crippen molar-refractivity contribution in [3.05, 3.63) is 87.8 Å². The Balaban J connectivity index is 1.60. The summed E-state index contributed by atoms with van der Waals surface area (Å²) in [4.78, 5) is 12.8. The highest BCUT2D eigenvalue weighted by atomic mass is 35.5. The van der Waals surface area contributed by atoms with Gasteiger partial charge in [-0.1, -0.05) is 41.4 Å². The Hall–Kier alpha value is -2.08. The van der Waals surface area contributed by atoms with E-state index < -0.39 is 10.8 Å². The van der Waals surface area contributed by atoms with Crippen LogP contribution in [-0.4, -0.2) is 10.1 Å². The van der Waals surface area contributed by atoms with Gasteiger partial charge in [0.05, 0.1) is 16.6 Å². The van der Waals surface area contributed by atoms with Crippen molar-refractivity contribution in [3.8, 4) is 0 Å². The summed E-state index contributed by atoms with van der Waals surface area (Å²) in [6.45, 7) is 0.337. The summed E-state index contributed by atoms with van der Waals surface area (Å²) in [6.07, 6.45) is 0. The fraction of sp³-hybridized carbons (Fsp3) is 0.105. The Morgan fingerprint density at radius 3 is 2.46 bits per heavy atom. The van der Waals surface area contributed by atoms with Gasteiger partial charge in [-0.05, 0) is 48.0 Å². The highest BCUT2D eigenvalue weighted by Gasteiger charge is 2.14. The summed E-state index contributed by atoms with van der Waals surface area (Å²) >= 11 is 11.8. The number of benzene rings is 2. The van der Waals surface area contributed by atoms with Crippen LogP contribution in [0.25, 0.3) is 0 Å². The maximum absolute atomic E-state index is 12.4. The van der Waals surface area contributed by atoms with E-state index in [1.165, 1.54) is 0 Å². The standard InChI is InChI=1S/C19H15Cl2NO3S/c20-14-4-1-3-13(9-14)11-22-19(23)18-8-7-16(25-18)12-26(24)17-6-2-5-15(21)10-17/h1-10H,11-12H2,(H,22,23)/t26-/m0/s1. The van der Waals surface area contributed by atoms with E-state index in [-0.39, 0.29) is 17.4 Å². The van der Waals surface area contributed by atoms with Crippen molar-refractivity contribution in [3.63, 3.8) is 0 Å².